The van der Waals surface area contributed by atoms with E-state index < -0.39 is 0 Å². The topological polar surface area (TPSA) is 34.0 Å². The minimum atomic E-state index is -0.213. The Morgan fingerprint density at radius 2 is 1.46 bits per heavy atom. The Labute approximate surface area is 152 Å². The number of benzene rings is 3. The molecule has 1 amide bonds. The second-order valence-corrected chi connectivity index (χ2v) is 6.40. The molecule has 4 rings (SSSR count). The molecule has 26 heavy (non-hydrogen) atoms. The van der Waals surface area contributed by atoms with Gasteiger partial charge in [0.2, 0.25) is 0 Å². The summed E-state index contributed by atoms with van der Waals surface area (Å²) in [5, 5.41) is 4.37. The predicted octanol–water partition coefficient (Wildman–Crippen LogP) is 4.70. The fourth-order valence-corrected chi connectivity index (χ4v) is 3.39. The summed E-state index contributed by atoms with van der Waals surface area (Å²) in [6, 6.07) is 27.5. The molecule has 0 spiro atoms. The number of carbonyl (C=O) groups excluding carboxylic acids is 1. The molecule has 1 N–H and O–H groups in total. The van der Waals surface area contributed by atoms with Crippen molar-refractivity contribution in [2.45, 2.75) is 6.04 Å². The van der Waals surface area contributed by atoms with Crippen LogP contribution in [0.15, 0.2) is 91.1 Å². The maximum atomic E-state index is 12.8. The molecule has 0 unspecified atom stereocenters. The summed E-state index contributed by atoms with van der Waals surface area (Å²) < 4.78 is 2.11. The Morgan fingerprint density at radius 3 is 2.19 bits per heavy atom. The van der Waals surface area contributed by atoms with Crippen molar-refractivity contribution in [2.75, 3.05) is 0 Å². The maximum absolute atomic E-state index is 12.8. The number of fused-ring (bicyclic) bond motifs is 1. The first kappa shape index (κ1) is 16.2. The number of para-hydroxylation sites is 1. The fraction of sp³-hybridized carbons (Fsp3) is 0.0870. The normalized spacial score (nSPS) is 12.0. The van der Waals surface area contributed by atoms with Crippen LogP contribution in [0.1, 0.15) is 27.5 Å². The molecule has 0 aliphatic heterocycles. The molecule has 0 saturated carbocycles. The largest absolute Gasteiger partial charge is 0.350 e. The number of nitrogens with one attached hydrogen (secondary N) is 1. The first-order valence-electron chi connectivity index (χ1n) is 8.69. The third-order valence-corrected chi connectivity index (χ3v) is 4.68. The highest BCUT2D eigenvalue weighted by molar-refractivity contribution is 5.95. The van der Waals surface area contributed by atoms with Crippen LogP contribution in [0.5, 0.6) is 0 Å². The molecule has 0 fully saturated rings. The van der Waals surface area contributed by atoms with Crippen LogP contribution < -0.4 is 5.32 Å². The molecule has 1 heterocycles. The van der Waals surface area contributed by atoms with Crippen LogP contribution in [0, 0.1) is 0 Å². The van der Waals surface area contributed by atoms with E-state index in [2.05, 4.69) is 40.3 Å². The molecule has 0 aliphatic carbocycles. The Balaban J connectivity index is 1.80. The van der Waals surface area contributed by atoms with Gasteiger partial charge in [0.25, 0.3) is 5.91 Å². The standard InChI is InChI=1S/C23H20N2O/c1-25-16-20(19-14-8-9-15-21(19)25)22(17-10-4-2-5-11-17)24-23(26)18-12-6-3-7-13-18/h2-16,22H,1H3,(H,24,26)/t22-/m1/s1. The SMILES string of the molecule is Cn1cc([C@H](NC(=O)c2ccccc2)c2ccccc2)c2ccccc21. The van der Waals surface area contributed by atoms with E-state index in [0.29, 0.717) is 5.56 Å². The number of aryl methyl sites for hydroxylation is 1. The van der Waals surface area contributed by atoms with E-state index in [1.54, 1.807) is 0 Å². The zero-order valence-corrected chi connectivity index (χ0v) is 14.6. The second kappa shape index (κ2) is 6.89. The molecular formula is C23H20N2O. The van der Waals surface area contributed by atoms with Gasteiger partial charge in [-0.2, -0.15) is 0 Å². The van der Waals surface area contributed by atoms with Gasteiger partial charge >= 0.3 is 0 Å². The van der Waals surface area contributed by atoms with E-state index in [1.807, 2.05) is 67.7 Å². The molecule has 1 atom stereocenters. The minimum absolute atomic E-state index is 0.0765. The first-order chi connectivity index (χ1) is 12.7. The number of aromatic nitrogens is 1. The van der Waals surface area contributed by atoms with E-state index in [0.717, 1.165) is 22.0 Å². The van der Waals surface area contributed by atoms with E-state index in [-0.39, 0.29) is 11.9 Å². The van der Waals surface area contributed by atoms with Gasteiger partial charge in [-0.1, -0.05) is 66.7 Å². The van der Waals surface area contributed by atoms with Crippen molar-refractivity contribution in [3.8, 4) is 0 Å². The highest BCUT2D eigenvalue weighted by atomic mass is 16.1. The van der Waals surface area contributed by atoms with Crippen molar-refractivity contribution in [1.29, 1.82) is 0 Å². The summed E-state index contributed by atoms with van der Waals surface area (Å²) in [4.78, 5) is 12.8. The second-order valence-electron chi connectivity index (χ2n) is 6.40. The van der Waals surface area contributed by atoms with Crippen molar-refractivity contribution >= 4 is 16.8 Å². The van der Waals surface area contributed by atoms with Crippen LogP contribution in [-0.2, 0) is 7.05 Å². The van der Waals surface area contributed by atoms with E-state index in [9.17, 15) is 4.79 Å². The van der Waals surface area contributed by atoms with Gasteiger partial charge in [0.1, 0.15) is 0 Å². The smallest absolute Gasteiger partial charge is 0.252 e. The quantitative estimate of drug-likeness (QED) is 0.574. The Bertz CT molecular complexity index is 1040. The van der Waals surface area contributed by atoms with Gasteiger partial charge in [-0.05, 0) is 23.8 Å². The van der Waals surface area contributed by atoms with Crippen molar-refractivity contribution in [3.63, 3.8) is 0 Å². The molecule has 3 aromatic carbocycles. The van der Waals surface area contributed by atoms with Gasteiger partial charge in [-0.3, -0.25) is 4.79 Å². The number of rotatable bonds is 4. The summed E-state index contributed by atoms with van der Waals surface area (Å²) in [5.74, 6) is -0.0765. The molecule has 3 nitrogen and oxygen atoms in total. The lowest BCUT2D eigenvalue weighted by Crippen LogP contribution is -2.29. The monoisotopic (exact) mass is 340 g/mol. The summed E-state index contributed by atoms with van der Waals surface area (Å²) in [7, 11) is 2.03. The summed E-state index contributed by atoms with van der Waals surface area (Å²) >= 11 is 0. The van der Waals surface area contributed by atoms with Crippen LogP contribution in [0.25, 0.3) is 10.9 Å². The molecule has 4 aromatic rings. The lowest BCUT2D eigenvalue weighted by molar-refractivity contribution is 0.0943. The average Bonchev–Trinajstić information content (AvgIpc) is 3.04. The zero-order chi connectivity index (χ0) is 17.9. The number of nitrogens with zero attached hydrogens (tertiary/aromatic N) is 1. The van der Waals surface area contributed by atoms with Gasteiger partial charge in [-0.25, -0.2) is 0 Å². The predicted molar refractivity (Wildman–Crippen MR) is 105 cm³/mol. The molecule has 0 radical (unpaired) electrons. The van der Waals surface area contributed by atoms with Gasteiger partial charge < -0.3 is 9.88 Å². The van der Waals surface area contributed by atoms with Crippen molar-refractivity contribution < 1.29 is 4.79 Å². The lowest BCUT2D eigenvalue weighted by atomic mass is 9.97. The molecule has 0 aliphatic rings. The van der Waals surface area contributed by atoms with E-state index in [1.165, 1.54) is 0 Å². The maximum Gasteiger partial charge on any atom is 0.252 e. The minimum Gasteiger partial charge on any atom is -0.350 e. The van der Waals surface area contributed by atoms with Crippen molar-refractivity contribution in [2.24, 2.45) is 7.05 Å². The highest BCUT2D eigenvalue weighted by Gasteiger charge is 2.21. The van der Waals surface area contributed by atoms with Gasteiger partial charge in [0.15, 0.2) is 0 Å². The number of carbonyl (C=O) groups is 1. The Kier molecular flexibility index (Phi) is 4.28. The summed E-state index contributed by atoms with van der Waals surface area (Å²) in [5.41, 5.74) is 3.97. The third kappa shape index (κ3) is 3.00. The van der Waals surface area contributed by atoms with Crippen LogP contribution >= 0.6 is 0 Å². The van der Waals surface area contributed by atoms with Crippen LogP contribution in [0.4, 0.5) is 0 Å². The van der Waals surface area contributed by atoms with Crippen molar-refractivity contribution in [3.05, 3.63) is 108 Å². The molecule has 0 saturated heterocycles. The van der Waals surface area contributed by atoms with Gasteiger partial charge in [-0.15, -0.1) is 0 Å². The average molecular weight is 340 g/mol. The summed E-state index contributed by atoms with van der Waals surface area (Å²) in [6.45, 7) is 0. The van der Waals surface area contributed by atoms with Crippen LogP contribution in [0.2, 0.25) is 0 Å². The first-order valence-corrected chi connectivity index (χ1v) is 8.69. The molecular weight excluding hydrogens is 320 g/mol. The molecule has 1 aromatic heterocycles. The van der Waals surface area contributed by atoms with Crippen LogP contribution in [-0.4, -0.2) is 10.5 Å². The van der Waals surface area contributed by atoms with E-state index >= 15 is 0 Å². The number of hydrogen-bond acceptors (Lipinski definition) is 1. The van der Waals surface area contributed by atoms with Crippen molar-refractivity contribution in [1.82, 2.24) is 9.88 Å². The molecule has 0 bridgehead atoms. The van der Waals surface area contributed by atoms with Crippen LogP contribution in [0.3, 0.4) is 0 Å². The number of amides is 1. The van der Waals surface area contributed by atoms with Gasteiger partial charge in [0.05, 0.1) is 6.04 Å². The third-order valence-electron chi connectivity index (χ3n) is 4.68. The molecule has 3 heteroatoms. The lowest BCUT2D eigenvalue weighted by Gasteiger charge is -2.19. The summed E-state index contributed by atoms with van der Waals surface area (Å²) in [6.07, 6.45) is 2.10. The van der Waals surface area contributed by atoms with E-state index in [4.69, 9.17) is 0 Å². The Hall–Kier alpha value is -3.33. The fourth-order valence-electron chi connectivity index (χ4n) is 3.39. The highest BCUT2D eigenvalue weighted by Crippen LogP contribution is 2.30. The zero-order valence-electron chi connectivity index (χ0n) is 14.6. The molecule has 128 valence electrons. The number of hydrogen-bond donors (Lipinski definition) is 1. The van der Waals surface area contributed by atoms with Gasteiger partial charge in [0, 0.05) is 35.3 Å². The Morgan fingerprint density at radius 1 is 0.846 bits per heavy atom.